The van der Waals surface area contributed by atoms with E-state index in [0.717, 1.165) is 16.9 Å². The summed E-state index contributed by atoms with van der Waals surface area (Å²) in [7, 11) is 0. The van der Waals surface area contributed by atoms with E-state index in [1.165, 1.54) is 16.7 Å². The highest BCUT2D eigenvalue weighted by Crippen LogP contribution is 2.41. The Kier molecular flexibility index (Phi) is 4.85. The van der Waals surface area contributed by atoms with Gasteiger partial charge in [-0.25, -0.2) is 4.98 Å². The van der Waals surface area contributed by atoms with Crippen LogP contribution in [-0.2, 0) is 5.54 Å². The summed E-state index contributed by atoms with van der Waals surface area (Å²) in [4.78, 5) is 4.78. The summed E-state index contributed by atoms with van der Waals surface area (Å²) in [5.41, 5.74) is 11.6. The minimum atomic E-state index is -0.560. The Labute approximate surface area is 182 Å². The van der Waals surface area contributed by atoms with Gasteiger partial charge in [0.15, 0.2) is 0 Å². The van der Waals surface area contributed by atoms with Gasteiger partial charge < -0.3 is 10.3 Å². The van der Waals surface area contributed by atoms with Gasteiger partial charge in [-0.3, -0.25) is 0 Å². The number of anilines is 1. The van der Waals surface area contributed by atoms with Crippen LogP contribution in [0.4, 0.5) is 5.69 Å². The lowest BCUT2D eigenvalue weighted by molar-refractivity contribution is 0.515. The molecule has 5 rings (SSSR count). The zero-order chi connectivity index (χ0) is 21.1. The fourth-order valence-electron chi connectivity index (χ4n) is 4.34. The van der Waals surface area contributed by atoms with Gasteiger partial charge in [-0.15, -0.1) is 0 Å². The van der Waals surface area contributed by atoms with E-state index in [2.05, 4.69) is 102 Å². The average Bonchev–Trinajstić information content (AvgIpc) is 3.32. The van der Waals surface area contributed by atoms with Gasteiger partial charge in [-0.05, 0) is 28.8 Å². The van der Waals surface area contributed by atoms with Gasteiger partial charge in [0.05, 0.1) is 12.0 Å². The van der Waals surface area contributed by atoms with Gasteiger partial charge in [-0.2, -0.15) is 0 Å². The molecule has 3 heteroatoms. The van der Waals surface area contributed by atoms with Crippen molar-refractivity contribution in [2.45, 2.75) is 5.54 Å². The highest BCUT2D eigenvalue weighted by atomic mass is 15.1. The van der Waals surface area contributed by atoms with Gasteiger partial charge in [0.25, 0.3) is 0 Å². The fraction of sp³-hybridized carbons (Fsp3) is 0.0357. The third kappa shape index (κ3) is 3.30. The molecule has 0 spiro atoms. The zero-order valence-corrected chi connectivity index (χ0v) is 17.1. The van der Waals surface area contributed by atoms with E-state index in [1.807, 2.05) is 30.6 Å². The smallest absolute Gasteiger partial charge is 0.121 e. The Morgan fingerprint density at radius 3 is 1.61 bits per heavy atom. The molecule has 2 N–H and O–H groups in total. The van der Waals surface area contributed by atoms with E-state index in [9.17, 15) is 0 Å². The fourth-order valence-corrected chi connectivity index (χ4v) is 4.34. The second kappa shape index (κ2) is 7.96. The number of nitrogens with zero attached hydrogens (tertiary/aromatic N) is 2. The number of nitrogens with two attached hydrogens (primary N) is 1. The maximum Gasteiger partial charge on any atom is 0.121 e. The molecule has 0 amide bonds. The highest BCUT2D eigenvalue weighted by molar-refractivity contribution is 5.64. The molecule has 0 aliphatic heterocycles. The molecule has 1 heterocycles. The number of aromatic nitrogens is 2. The molecule has 0 aliphatic carbocycles. The molecule has 0 bridgehead atoms. The van der Waals surface area contributed by atoms with E-state index in [0.29, 0.717) is 0 Å². The summed E-state index contributed by atoms with van der Waals surface area (Å²) in [6, 6.07) is 39.6. The van der Waals surface area contributed by atoms with Crippen LogP contribution in [0.15, 0.2) is 128 Å². The first-order valence-electron chi connectivity index (χ1n) is 10.4. The van der Waals surface area contributed by atoms with Crippen molar-refractivity contribution in [3.05, 3.63) is 144 Å². The summed E-state index contributed by atoms with van der Waals surface area (Å²) in [6.45, 7) is 0. The van der Waals surface area contributed by atoms with Crippen LogP contribution in [-0.4, -0.2) is 9.55 Å². The molecule has 0 saturated heterocycles. The van der Waals surface area contributed by atoms with Crippen LogP contribution >= 0.6 is 0 Å². The van der Waals surface area contributed by atoms with E-state index in [4.69, 9.17) is 10.7 Å². The third-order valence-electron chi connectivity index (χ3n) is 5.73. The van der Waals surface area contributed by atoms with E-state index in [-0.39, 0.29) is 0 Å². The first-order chi connectivity index (χ1) is 15.3. The number of hydrogen-bond acceptors (Lipinski definition) is 2. The van der Waals surface area contributed by atoms with Crippen LogP contribution < -0.4 is 5.73 Å². The third-order valence-corrected chi connectivity index (χ3v) is 5.73. The second-order valence-electron chi connectivity index (χ2n) is 7.60. The number of hydrogen-bond donors (Lipinski definition) is 1. The Morgan fingerprint density at radius 1 is 0.613 bits per heavy atom. The van der Waals surface area contributed by atoms with Crippen molar-refractivity contribution >= 4 is 5.69 Å². The summed E-state index contributed by atoms with van der Waals surface area (Å²) in [6.07, 6.45) is 4.04. The lowest BCUT2D eigenvalue weighted by Gasteiger charge is -2.37. The van der Waals surface area contributed by atoms with Crippen molar-refractivity contribution < 1.29 is 0 Å². The number of rotatable bonds is 5. The van der Waals surface area contributed by atoms with Gasteiger partial charge >= 0.3 is 0 Å². The Hall–Kier alpha value is -4.11. The summed E-state index contributed by atoms with van der Waals surface area (Å²) < 4.78 is 2.21. The van der Waals surface area contributed by atoms with Crippen LogP contribution in [0.2, 0.25) is 0 Å². The zero-order valence-electron chi connectivity index (χ0n) is 17.1. The van der Waals surface area contributed by atoms with Crippen molar-refractivity contribution in [2.75, 3.05) is 5.73 Å². The average molecular weight is 402 g/mol. The van der Waals surface area contributed by atoms with Crippen molar-refractivity contribution in [3.8, 4) is 11.3 Å². The predicted octanol–water partition coefficient (Wildman–Crippen LogP) is 5.97. The number of nitrogen functional groups attached to an aromatic ring is 1. The Bertz CT molecular complexity index is 1180. The first-order valence-corrected chi connectivity index (χ1v) is 10.4. The SMILES string of the molecule is Nc1cccc(-c2cn(C(c3ccccc3)(c3ccccc3)c3ccccc3)cn2)c1. The number of benzene rings is 4. The van der Waals surface area contributed by atoms with E-state index < -0.39 is 5.54 Å². The van der Waals surface area contributed by atoms with Crippen LogP contribution in [0.5, 0.6) is 0 Å². The van der Waals surface area contributed by atoms with Crippen molar-refractivity contribution in [3.63, 3.8) is 0 Å². The lowest BCUT2D eigenvalue weighted by Crippen LogP contribution is -2.36. The molecule has 0 fully saturated rings. The van der Waals surface area contributed by atoms with Crippen molar-refractivity contribution in [2.24, 2.45) is 0 Å². The Morgan fingerprint density at radius 2 is 1.13 bits per heavy atom. The molecule has 3 nitrogen and oxygen atoms in total. The molecular weight excluding hydrogens is 378 g/mol. The highest BCUT2D eigenvalue weighted by Gasteiger charge is 2.38. The van der Waals surface area contributed by atoms with Gasteiger partial charge in [-0.1, -0.05) is 103 Å². The molecule has 0 saturated carbocycles. The van der Waals surface area contributed by atoms with Gasteiger partial charge in [0.1, 0.15) is 5.54 Å². The lowest BCUT2D eigenvalue weighted by atomic mass is 9.77. The molecule has 150 valence electrons. The maximum atomic E-state index is 6.03. The molecule has 0 aliphatic rings. The number of imidazole rings is 1. The van der Waals surface area contributed by atoms with Crippen LogP contribution in [0.3, 0.4) is 0 Å². The molecule has 31 heavy (non-hydrogen) atoms. The van der Waals surface area contributed by atoms with Crippen LogP contribution in [0, 0.1) is 0 Å². The first kappa shape index (κ1) is 18.9. The predicted molar refractivity (Wildman–Crippen MR) is 127 cm³/mol. The van der Waals surface area contributed by atoms with Gasteiger partial charge in [0.2, 0.25) is 0 Å². The van der Waals surface area contributed by atoms with Crippen molar-refractivity contribution in [1.82, 2.24) is 9.55 Å². The van der Waals surface area contributed by atoms with Gasteiger partial charge in [0, 0.05) is 17.4 Å². The molecule has 0 atom stereocenters. The topological polar surface area (TPSA) is 43.8 Å². The Balaban J connectivity index is 1.81. The summed E-state index contributed by atoms with van der Waals surface area (Å²) in [5, 5.41) is 0. The molecule has 5 aromatic rings. The molecular formula is C28H23N3. The minimum absolute atomic E-state index is 0.560. The monoisotopic (exact) mass is 401 g/mol. The minimum Gasteiger partial charge on any atom is -0.399 e. The molecule has 0 unspecified atom stereocenters. The van der Waals surface area contributed by atoms with Crippen LogP contribution in [0.25, 0.3) is 11.3 Å². The molecule has 0 radical (unpaired) electrons. The normalized spacial score (nSPS) is 11.4. The van der Waals surface area contributed by atoms with Crippen molar-refractivity contribution in [1.29, 1.82) is 0 Å². The molecule has 1 aromatic heterocycles. The summed E-state index contributed by atoms with van der Waals surface area (Å²) in [5.74, 6) is 0. The van der Waals surface area contributed by atoms with E-state index >= 15 is 0 Å². The quantitative estimate of drug-likeness (QED) is 0.291. The summed E-state index contributed by atoms with van der Waals surface area (Å²) >= 11 is 0. The second-order valence-corrected chi connectivity index (χ2v) is 7.60. The van der Waals surface area contributed by atoms with E-state index in [1.54, 1.807) is 0 Å². The van der Waals surface area contributed by atoms with Crippen LogP contribution in [0.1, 0.15) is 16.7 Å². The largest absolute Gasteiger partial charge is 0.399 e. The standard InChI is InChI=1S/C28H23N3/c29-26-18-10-11-22(19-26)27-20-31(21-30-27)28(23-12-4-1-5-13-23,24-14-6-2-7-15-24)25-16-8-3-9-17-25/h1-21H,29H2. The maximum absolute atomic E-state index is 6.03. The molecule has 4 aromatic carbocycles.